The minimum atomic E-state index is -0.452. The number of carbonyl (C=O) groups is 1. The second kappa shape index (κ2) is 9.13. The van der Waals surface area contributed by atoms with Gasteiger partial charge in [-0.1, -0.05) is 44.2 Å². The normalized spacial score (nSPS) is 14.1. The van der Waals surface area contributed by atoms with Crippen LogP contribution in [0, 0.1) is 5.92 Å². The predicted molar refractivity (Wildman–Crippen MR) is 95.1 cm³/mol. The summed E-state index contributed by atoms with van der Waals surface area (Å²) in [6.45, 7) is 10.7. The van der Waals surface area contributed by atoms with E-state index in [1.165, 1.54) is 5.56 Å². The van der Waals surface area contributed by atoms with Gasteiger partial charge >= 0.3 is 0 Å². The van der Waals surface area contributed by atoms with Crippen molar-refractivity contribution in [3.8, 4) is 0 Å². The number of hydrogen-bond acceptors (Lipinski definition) is 3. The van der Waals surface area contributed by atoms with E-state index in [1.807, 2.05) is 32.0 Å². The molecule has 4 nitrogen and oxygen atoms in total. The summed E-state index contributed by atoms with van der Waals surface area (Å²) in [6.07, 6.45) is 0. The molecule has 1 aromatic rings. The predicted octanol–water partition coefficient (Wildman–Crippen LogP) is 2.64. The number of hydrogen-bond donors (Lipinski definition) is 3. The summed E-state index contributed by atoms with van der Waals surface area (Å²) in [5.41, 5.74) is 6.87. The monoisotopic (exact) mass is 327 g/mol. The van der Waals surface area contributed by atoms with Gasteiger partial charge in [0.05, 0.1) is 6.04 Å². The fourth-order valence-electron chi connectivity index (χ4n) is 2.19. The van der Waals surface area contributed by atoms with E-state index >= 15 is 0 Å². The molecule has 0 saturated carbocycles. The first kappa shape index (κ1) is 20.9. The average Bonchev–Trinajstić information content (AvgIpc) is 2.44. The summed E-state index contributed by atoms with van der Waals surface area (Å²) in [6, 6.07) is 10.0. The molecule has 1 aromatic carbocycles. The number of carbonyl (C=O) groups excluding carboxylic acids is 1. The summed E-state index contributed by atoms with van der Waals surface area (Å²) >= 11 is 0. The van der Waals surface area contributed by atoms with Gasteiger partial charge in [0.25, 0.3) is 0 Å². The lowest BCUT2D eigenvalue weighted by molar-refractivity contribution is -0.123. The van der Waals surface area contributed by atoms with Crippen LogP contribution < -0.4 is 16.4 Å². The lowest BCUT2D eigenvalue weighted by atomic mass is 10.00. The Bertz CT molecular complexity index is 448. The molecule has 1 unspecified atom stereocenters. The minimum absolute atomic E-state index is 0. The van der Waals surface area contributed by atoms with Crippen molar-refractivity contribution in [1.29, 1.82) is 0 Å². The van der Waals surface area contributed by atoms with Crippen molar-refractivity contribution >= 4 is 18.3 Å². The molecule has 0 fully saturated rings. The number of rotatable bonds is 7. The van der Waals surface area contributed by atoms with Crippen LogP contribution in [0.15, 0.2) is 30.3 Å². The molecule has 0 radical (unpaired) electrons. The summed E-state index contributed by atoms with van der Waals surface area (Å²) in [7, 11) is 0. The lowest BCUT2D eigenvalue weighted by Gasteiger charge is -2.31. The molecule has 0 spiro atoms. The number of amides is 1. The Morgan fingerprint density at radius 3 is 2.23 bits per heavy atom. The molecule has 1 amide bonds. The van der Waals surface area contributed by atoms with E-state index in [9.17, 15) is 4.79 Å². The van der Waals surface area contributed by atoms with Gasteiger partial charge in [-0.25, -0.2) is 0 Å². The Balaban J connectivity index is 0.00000441. The molecule has 0 bridgehead atoms. The third kappa shape index (κ3) is 6.77. The van der Waals surface area contributed by atoms with Crippen LogP contribution in [-0.4, -0.2) is 24.0 Å². The molecule has 4 N–H and O–H groups in total. The van der Waals surface area contributed by atoms with E-state index in [1.54, 1.807) is 0 Å². The Morgan fingerprint density at radius 1 is 1.18 bits per heavy atom. The second-order valence-corrected chi connectivity index (χ2v) is 6.65. The van der Waals surface area contributed by atoms with Crippen LogP contribution in [0.2, 0.25) is 0 Å². The second-order valence-electron chi connectivity index (χ2n) is 6.65. The number of nitrogens with two attached hydrogens (primary N) is 1. The fraction of sp³-hybridized carbons (Fsp3) is 0.588. The van der Waals surface area contributed by atoms with Crippen molar-refractivity contribution in [3.05, 3.63) is 35.9 Å². The van der Waals surface area contributed by atoms with E-state index < -0.39 is 6.04 Å². The summed E-state index contributed by atoms with van der Waals surface area (Å²) < 4.78 is 0. The maximum absolute atomic E-state index is 11.9. The van der Waals surface area contributed by atoms with E-state index in [-0.39, 0.29) is 35.8 Å². The van der Waals surface area contributed by atoms with E-state index in [0.29, 0.717) is 6.54 Å². The fourth-order valence-corrected chi connectivity index (χ4v) is 2.19. The van der Waals surface area contributed by atoms with Gasteiger partial charge in [-0.15, -0.1) is 12.4 Å². The van der Waals surface area contributed by atoms with Gasteiger partial charge in [-0.2, -0.15) is 0 Å². The lowest BCUT2D eigenvalue weighted by Crippen LogP contribution is -2.53. The van der Waals surface area contributed by atoms with Crippen LogP contribution in [0.25, 0.3) is 0 Å². The largest absolute Gasteiger partial charge is 0.353 e. The zero-order valence-electron chi connectivity index (χ0n) is 14.2. The molecule has 126 valence electrons. The number of benzene rings is 1. The van der Waals surface area contributed by atoms with Gasteiger partial charge in [0.1, 0.15) is 0 Å². The van der Waals surface area contributed by atoms with Crippen molar-refractivity contribution in [1.82, 2.24) is 10.6 Å². The molecule has 0 heterocycles. The summed E-state index contributed by atoms with van der Waals surface area (Å²) in [4.78, 5) is 11.9. The van der Waals surface area contributed by atoms with Crippen LogP contribution in [0.3, 0.4) is 0 Å². The average molecular weight is 328 g/mol. The topological polar surface area (TPSA) is 67.1 Å². The van der Waals surface area contributed by atoms with Gasteiger partial charge in [0.15, 0.2) is 0 Å². The maximum atomic E-state index is 11.9. The molecule has 0 aliphatic rings. The summed E-state index contributed by atoms with van der Waals surface area (Å²) in [5.74, 6) is 0.0524. The molecule has 0 aliphatic heterocycles. The third-order valence-electron chi connectivity index (χ3n) is 3.63. The maximum Gasteiger partial charge on any atom is 0.237 e. The zero-order chi connectivity index (χ0) is 16.0. The minimum Gasteiger partial charge on any atom is -0.353 e. The highest BCUT2D eigenvalue weighted by atomic mass is 35.5. The molecular weight excluding hydrogens is 298 g/mol. The number of halogens is 1. The first-order valence-electron chi connectivity index (χ1n) is 7.59. The molecule has 0 saturated heterocycles. The van der Waals surface area contributed by atoms with Gasteiger partial charge in [0.2, 0.25) is 5.91 Å². The van der Waals surface area contributed by atoms with Crippen LogP contribution in [0.1, 0.15) is 46.2 Å². The third-order valence-corrected chi connectivity index (χ3v) is 3.63. The van der Waals surface area contributed by atoms with Gasteiger partial charge in [0, 0.05) is 18.1 Å². The Morgan fingerprint density at radius 2 is 1.73 bits per heavy atom. The van der Waals surface area contributed by atoms with Crippen LogP contribution >= 0.6 is 12.4 Å². The smallest absolute Gasteiger partial charge is 0.237 e. The van der Waals surface area contributed by atoms with Crippen LogP contribution in [0.4, 0.5) is 0 Å². The quantitative estimate of drug-likeness (QED) is 0.721. The standard InChI is InChI=1S/C17H29N3O.ClH/c1-12(2)15(18)16(21)19-11-17(4,5)20-13(3)14-9-7-6-8-10-14;/h6-10,12-13,15,20H,11,18H2,1-5H3,(H,19,21);1H/t13?,15-;/m0./s1. The Hall–Kier alpha value is -1.10. The molecule has 0 aliphatic carbocycles. The molecule has 2 atom stereocenters. The number of nitrogens with one attached hydrogen (secondary N) is 2. The molecular formula is C17H30ClN3O. The van der Waals surface area contributed by atoms with Crippen LogP contribution in [-0.2, 0) is 4.79 Å². The molecule has 5 heteroatoms. The first-order valence-corrected chi connectivity index (χ1v) is 7.59. The molecule has 1 rings (SSSR count). The van der Waals surface area contributed by atoms with Crippen molar-refractivity contribution < 1.29 is 4.79 Å². The van der Waals surface area contributed by atoms with E-state index in [0.717, 1.165) is 0 Å². The highest BCUT2D eigenvalue weighted by molar-refractivity contribution is 5.85. The molecule has 0 aromatic heterocycles. The van der Waals surface area contributed by atoms with Crippen molar-refractivity contribution in [2.45, 2.75) is 52.2 Å². The summed E-state index contributed by atoms with van der Waals surface area (Å²) in [5, 5.41) is 6.47. The zero-order valence-corrected chi connectivity index (χ0v) is 15.0. The van der Waals surface area contributed by atoms with Crippen molar-refractivity contribution in [3.63, 3.8) is 0 Å². The highest BCUT2D eigenvalue weighted by Gasteiger charge is 2.24. The van der Waals surface area contributed by atoms with Gasteiger partial charge in [-0.3, -0.25) is 4.79 Å². The molecule has 22 heavy (non-hydrogen) atoms. The Labute approximate surface area is 140 Å². The Kier molecular flexibility index (Phi) is 8.68. The van der Waals surface area contributed by atoms with Crippen molar-refractivity contribution in [2.75, 3.05) is 6.54 Å². The first-order chi connectivity index (χ1) is 9.73. The highest BCUT2D eigenvalue weighted by Crippen LogP contribution is 2.15. The van der Waals surface area contributed by atoms with Gasteiger partial charge < -0.3 is 16.4 Å². The van der Waals surface area contributed by atoms with E-state index in [4.69, 9.17) is 5.73 Å². The van der Waals surface area contributed by atoms with E-state index in [2.05, 4.69) is 43.5 Å². The van der Waals surface area contributed by atoms with Crippen molar-refractivity contribution in [2.24, 2.45) is 11.7 Å². The van der Waals surface area contributed by atoms with Crippen LogP contribution in [0.5, 0.6) is 0 Å². The SMILES string of the molecule is CC(NC(C)(C)CNC(=O)[C@@H](N)C(C)C)c1ccccc1.Cl. The van der Waals surface area contributed by atoms with Gasteiger partial charge in [-0.05, 0) is 32.3 Å².